The molecule has 0 N–H and O–H groups in total. The summed E-state index contributed by atoms with van der Waals surface area (Å²) in [6, 6.07) is 13.5. The summed E-state index contributed by atoms with van der Waals surface area (Å²) in [4.78, 5) is 22.6. The number of rotatable bonds is 6. The molecule has 0 aliphatic carbocycles. The molecule has 2 aromatic heterocycles. The highest BCUT2D eigenvalue weighted by molar-refractivity contribution is 7.15. The fourth-order valence-corrected chi connectivity index (χ4v) is 4.11. The Morgan fingerprint density at radius 2 is 1.93 bits per heavy atom. The lowest BCUT2D eigenvalue weighted by atomic mass is 10.2. The van der Waals surface area contributed by atoms with Crippen LogP contribution in [0, 0.1) is 6.92 Å². The van der Waals surface area contributed by atoms with E-state index in [2.05, 4.69) is 9.88 Å². The van der Waals surface area contributed by atoms with Crippen LogP contribution in [0.1, 0.15) is 15.4 Å². The lowest BCUT2D eigenvalue weighted by Gasteiger charge is -2.34. The van der Waals surface area contributed by atoms with E-state index in [0.29, 0.717) is 31.2 Å². The summed E-state index contributed by atoms with van der Waals surface area (Å²) in [6.45, 7) is 6.55. The molecule has 0 radical (unpaired) electrons. The third-order valence-corrected chi connectivity index (χ3v) is 5.80. The number of ether oxygens (including phenoxy) is 1. The van der Waals surface area contributed by atoms with E-state index in [1.165, 1.54) is 11.3 Å². The Morgan fingerprint density at radius 1 is 1.14 bits per heavy atom. The van der Waals surface area contributed by atoms with Crippen molar-refractivity contribution in [3.05, 3.63) is 59.3 Å². The number of piperazine rings is 1. The average Bonchev–Trinajstić information content (AvgIpc) is 3.39. The number of thiazole rings is 1. The minimum absolute atomic E-state index is 0.00624. The number of hydrogen-bond acceptors (Lipinski definition) is 6. The second-order valence-corrected chi connectivity index (χ2v) is 7.90. The molecule has 0 unspecified atom stereocenters. The van der Waals surface area contributed by atoms with Gasteiger partial charge in [-0.05, 0) is 31.2 Å². The molecule has 6 nitrogen and oxygen atoms in total. The van der Waals surface area contributed by atoms with E-state index >= 15 is 0 Å². The second-order valence-electron chi connectivity index (χ2n) is 6.70. The predicted molar refractivity (Wildman–Crippen MR) is 109 cm³/mol. The summed E-state index contributed by atoms with van der Waals surface area (Å²) in [5, 5.41) is 0.752. The van der Waals surface area contributed by atoms with Crippen molar-refractivity contribution in [1.29, 1.82) is 0 Å². The Hall–Kier alpha value is -2.64. The van der Waals surface area contributed by atoms with Crippen LogP contribution in [0.2, 0.25) is 0 Å². The first-order chi connectivity index (χ1) is 13.7. The monoisotopic (exact) mass is 397 g/mol. The molecule has 0 saturated carbocycles. The van der Waals surface area contributed by atoms with Crippen molar-refractivity contribution >= 4 is 17.2 Å². The summed E-state index contributed by atoms with van der Waals surface area (Å²) in [7, 11) is 0. The quantitative estimate of drug-likeness (QED) is 0.637. The number of furan rings is 1. The number of hydrogen-bond donors (Lipinski definition) is 0. The van der Waals surface area contributed by atoms with E-state index in [1.807, 2.05) is 54.3 Å². The van der Waals surface area contributed by atoms with Crippen LogP contribution in [0.25, 0.3) is 10.8 Å². The van der Waals surface area contributed by atoms with Crippen LogP contribution in [-0.2, 0) is 0 Å². The summed E-state index contributed by atoms with van der Waals surface area (Å²) >= 11 is 1.49. The number of nitrogens with zero attached hydrogens (tertiary/aromatic N) is 3. The molecule has 1 aliphatic heterocycles. The first kappa shape index (κ1) is 18.7. The summed E-state index contributed by atoms with van der Waals surface area (Å²) in [5.74, 6) is 1.60. The first-order valence-corrected chi connectivity index (χ1v) is 10.2. The van der Waals surface area contributed by atoms with Gasteiger partial charge in [-0.15, -0.1) is 11.3 Å². The third-order valence-electron chi connectivity index (χ3n) is 4.81. The summed E-state index contributed by atoms with van der Waals surface area (Å²) < 4.78 is 11.2. The van der Waals surface area contributed by atoms with Crippen LogP contribution in [-0.4, -0.2) is 60.0 Å². The van der Waals surface area contributed by atoms with Crippen molar-refractivity contribution in [3.63, 3.8) is 0 Å². The molecular weight excluding hydrogens is 374 g/mol. The first-order valence-electron chi connectivity index (χ1n) is 9.41. The van der Waals surface area contributed by atoms with Crippen molar-refractivity contribution in [2.75, 3.05) is 39.3 Å². The van der Waals surface area contributed by atoms with Gasteiger partial charge in [-0.2, -0.15) is 0 Å². The van der Waals surface area contributed by atoms with Crippen molar-refractivity contribution in [3.8, 4) is 16.5 Å². The lowest BCUT2D eigenvalue weighted by Crippen LogP contribution is -2.49. The number of carbonyl (C=O) groups is 1. The van der Waals surface area contributed by atoms with Gasteiger partial charge in [-0.1, -0.05) is 18.2 Å². The SMILES string of the molecule is Cc1sc(-c2ccco2)nc1C(=O)N1CCN(CCOc2ccccc2)CC1. The van der Waals surface area contributed by atoms with Gasteiger partial charge in [0.25, 0.3) is 5.91 Å². The summed E-state index contributed by atoms with van der Waals surface area (Å²) in [5.41, 5.74) is 0.539. The molecular formula is C21H23N3O3S. The zero-order valence-electron chi connectivity index (χ0n) is 15.8. The number of aromatic nitrogens is 1. The van der Waals surface area contributed by atoms with E-state index < -0.39 is 0 Å². The van der Waals surface area contributed by atoms with E-state index in [9.17, 15) is 4.79 Å². The fourth-order valence-electron chi connectivity index (χ4n) is 3.23. The minimum atomic E-state index is 0.00624. The standard InChI is InChI=1S/C21H23N3O3S/c1-16-19(22-20(28-16)18-8-5-14-27-18)21(25)24-11-9-23(10-12-24)13-15-26-17-6-3-2-4-7-17/h2-8,14H,9-13,15H2,1H3. The van der Waals surface area contributed by atoms with E-state index in [-0.39, 0.29) is 5.91 Å². The van der Waals surface area contributed by atoms with Gasteiger partial charge in [-0.3, -0.25) is 9.69 Å². The zero-order valence-corrected chi connectivity index (χ0v) is 16.7. The van der Waals surface area contributed by atoms with Gasteiger partial charge in [0, 0.05) is 37.6 Å². The number of carbonyl (C=O) groups excluding carboxylic acids is 1. The second kappa shape index (κ2) is 8.58. The Bertz CT molecular complexity index is 900. The van der Waals surface area contributed by atoms with Crippen LogP contribution in [0.5, 0.6) is 5.75 Å². The van der Waals surface area contributed by atoms with E-state index in [1.54, 1.807) is 6.26 Å². The lowest BCUT2D eigenvalue weighted by molar-refractivity contribution is 0.0615. The number of para-hydroxylation sites is 1. The summed E-state index contributed by atoms with van der Waals surface area (Å²) in [6.07, 6.45) is 1.62. The van der Waals surface area contributed by atoms with Gasteiger partial charge < -0.3 is 14.1 Å². The predicted octanol–water partition coefficient (Wildman–Crippen LogP) is 3.55. The van der Waals surface area contributed by atoms with Gasteiger partial charge in [0.1, 0.15) is 18.1 Å². The highest BCUT2D eigenvalue weighted by atomic mass is 32.1. The Labute approximate surface area is 168 Å². The number of aryl methyl sites for hydroxylation is 1. The van der Waals surface area contributed by atoms with Crippen molar-refractivity contribution < 1.29 is 13.9 Å². The van der Waals surface area contributed by atoms with E-state index in [0.717, 1.165) is 35.3 Å². The van der Waals surface area contributed by atoms with Crippen LogP contribution < -0.4 is 4.74 Å². The molecule has 0 atom stereocenters. The maximum atomic E-state index is 12.9. The largest absolute Gasteiger partial charge is 0.492 e. The topological polar surface area (TPSA) is 58.8 Å². The van der Waals surface area contributed by atoms with Crippen LogP contribution in [0.4, 0.5) is 0 Å². The molecule has 1 aromatic carbocycles. The van der Waals surface area contributed by atoms with Crippen molar-refractivity contribution in [1.82, 2.24) is 14.8 Å². The van der Waals surface area contributed by atoms with Gasteiger partial charge in [-0.25, -0.2) is 4.98 Å². The number of amides is 1. The maximum absolute atomic E-state index is 12.9. The van der Waals surface area contributed by atoms with Crippen molar-refractivity contribution in [2.45, 2.75) is 6.92 Å². The molecule has 0 bridgehead atoms. The maximum Gasteiger partial charge on any atom is 0.273 e. The van der Waals surface area contributed by atoms with Gasteiger partial charge in [0.15, 0.2) is 10.8 Å². The smallest absolute Gasteiger partial charge is 0.273 e. The van der Waals surface area contributed by atoms with Crippen molar-refractivity contribution in [2.24, 2.45) is 0 Å². The van der Waals surface area contributed by atoms with Gasteiger partial charge >= 0.3 is 0 Å². The van der Waals surface area contributed by atoms with Gasteiger partial charge in [0.2, 0.25) is 0 Å². The Kier molecular flexibility index (Phi) is 5.73. The van der Waals surface area contributed by atoms with E-state index in [4.69, 9.17) is 9.15 Å². The normalized spacial score (nSPS) is 15.0. The van der Waals surface area contributed by atoms with Crippen LogP contribution in [0.3, 0.4) is 0 Å². The van der Waals surface area contributed by atoms with Gasteiger partial charge in [0.05, 0.1) is 6.26 Å². The molecule has 1 aliphatic rings. The van der Waals surface area contributed by atoms with Crippen LogP contribution >= 0.6 is 11.3 Å². The Balaban J connectivity index is 1.28. The molecule has 28 heavy (non-hydrogen) atoms. The molecule has 1 fully saturated rings. The molecule has 0 spiro atoms. The Morgan fingerprint density at radius 3 is 2.64 bits per heavy atom. The minimum Gasteiger partial charge on any atom is -0.492 e. The molecule has 146 valence electrons. The molecule has 3 aromatic rings. The molecule has 4 rings (SSSR count). The molecule has 1 saturated heterocycles. The molecule has 1 amide bonds. The molecule has 7 heteroatoms. The average molecular weight is 398 g/mol. The zero-order chi connectivity index (χ0) is 19.3. The molecule has 3 heterocycles. The highest BCUT2D eigenvalue weighted by Crippen LogP contribution is 2.28. The highest BCUT2D eigenvalue weighted by Gasteiger charge is 2.26. The number of benzene rings is 1. The fraction of sp³-hybridized carbons (Fsp3) is 0.333. The van der Waals surface area contributed by atoms with Crippen LogP contribution in [0.15, 0.2) is 53.1 Å². The third kappa shape index (κ3) is 4.26.